The lowest BCUT2D eigenvalue weighted by Gasteiger charge is -1.99. The largest absolute Gasteiger partial charge is 0.279 e. The summed E-state index contributed by atoms with van der Waals surface area (Å²) < 4.78 is 12.7. The number of hydrogen-bond donors (Lipinski definition) is 1. The van der Waals surface area contributed by atoms with Crippen molar-refractivity contribution in [3.8, 4) is 0 Å². The van der Waals surface area contributed by atoms with Crippen LogP contribution in [0.5, 0.6) is 0 Å². The predicted molar refractivity (Wildman–Crippen MR) is 71.9 cm³/mol. The quantitative estimate of drug-likeness (QED) is 0.526. The van der Waals surface area contributed by atoms with E-state index in [0.29, 0.717) is 16.0 Å². The number of hydrogen-bond acceptors (Lipinski definition) is 3. The first kappa shape index (κ1) is 12.8. The number of nitrogens with zero attached hydrogens (tertiary/aromatic N) is 2. The van der Waals surface area contributed by atoms with Crippen LogP contribution in [0, 0.1) is 5.82 Å². The monoisotopic (exact) mass is 283 g/mol. The van der Waals surface area contributed by atoms with E-state index in [-0.39, 0.29) is 5.82 Å². The Hall–Kier alpha value is -1.65. The normalized spacial score (nSPS) is 10.8. The number of aromatic nitrogens is 1. The molecule has 0 unspecified atom stereocenters. The maximum Gasteiger partial charge on any atom is 0.131 e. The summed E-state index contributed by atoms with van der Waals surface area (Å²) in [6.07, 6.45) is 1.54. The molecule has 0 saturated heterocycles. The van der Waals surface area contributed by atoms with Gasteiger partial charge in [0.25, 0.3) is 0 Å². The fraction of sp³-hybridized carbons (Fsp3) is 0. The van der Waals surface area contributed by atoms with Crippen LogP contribution in [0.15, 0.2) is 41.5 Å². The highest BCUT2D eigenvalue weighted by atomic mass is 35.5. The first-order valence-electron chi connectivity index (χ1n) is 5.01. The molecule has 0 saturated carbocycles. The fourth-order valence-electron chi connectivity index (χ4n) is 1.26. The van der Waals surface area contributed by atoms with Crippen LogP contribution < -0.4 is 5.43 Å². The Morgan fingerprint density at radius 3 is 2.33 bits per heavy atom. The third-order valence-electron chi connectivity index (χ3n) is 2.04. The van der Waals surface area contributed by atoms with Crippen LogP contribution in [0.25, 0.3) is 0 Å². The van der Waals surface area contributed by atoms with Gasteiger partial charge in [0.05, 0.1) is 11.9 Å². The Morgan fingerprint density at radius 2 is 1.72 bits per heavy atom. The highest BCUT2D eigenvalue weighted by molar-refractivity contribution is 6.32. The van der Waals surface area contributed by atoms with Gasteiger partial charge in [-0.05, 0) is 36.4 Å². The maximum absolute atomic E-state index is 12.7. The minimum atomic E-state index is -0.294. The summed E-state index contributed by atoms with van der Waals surface area (Å²) in [5, 5.41) is 4.58. The van der Waals surface area contributed by atoms with Crippen molar-refractivity contribution in [2.45, 2.75) is 0 Å². The zero-order valence-electron chi connectivity index (χ0n) is 9.07. The van der Waals surface area contributed by atoms with Crippen LogP contribution in [0.2, 0.25) is 10.3 Å². The third-order valence-corrected chi connectivity index (χ3v) is 2.42. The van der Waals surface area contributed by atoms with Gasteiger partial charge in [-0.25, -0.2) is 9.37 Å². The van der Waals surface area contributed by atoms with Crippen molar-refractivity contribution in [2.75, 3.05) is 5.43 Å². The molecule has 0 fully saturated rings. The summed E-state index contributed by atoms with van der Waals surface area (Å²) in [5.74, 6) is -0.294. The number of anilines is 1. The second kappa shape index (κ2) is 5.80. The molecule has 0 aliphatic heterocycles. The van der Waals surface area contributed by atoms with Gasteiger partial charge in [-0.3, -0.25) is 5.43 Å². The van der Waals surface area contributed by atoms with Gasteiger partial charge in [-0.1, -0.05) is 23.2 Å². The van der Waals surface area contributed by atoms with Crippen molar-refractivity contribution < 1.29 is 4.39 Å². The van der Waals surface area contributed by atoms with Gasteiger partial charge < -0.3 is 0 Å². The number of benzene rings is 1. The predicted octanol–water partition coefficient (Wildman–Crippen LogP) is 3.97. The van der Waals surface area contributed by atoms with Crippen molar-refractivity contribution in [1.29, 1.82) is 0 Å². The molecule has 2 aromatic rings. The lowest BCUT2D eigenvalue weighted by molar-refractivity contribution is 0.628. The molecule has 1 N–H and O–H groups in total. The first-order chi connectivity index (χ1) is 8.63. The van der Waals surface area contributed by atoms with Crippen LogP contribution in [-0.2, 0) is 0 Å². The zero-order valence-corrected chi connectivity index (χ0v) is 10.6. The molecule has 0 bridgehead atoms. The molecular formula is C12H8Cl2FN3. The van der Waals surface area contributed by atoms with E-state index in [0.717, 1.165) is 5.56 Å². The minimum absolute atomic E-state index is 0.294. The molecule has 1 heterocycles. The number of nitrogens with one attached hydrogen (secondary N) is 1. The summed E-state index contributed by atoms with van der Waals surface area (Å²) in [7, 11) is 0. The molecular weight excluding hydrogens is 276 g/mol. The third kappa shape index (κ3) is 3.68. The van der Waals surface area contributed by atoms with Gasteiger partial charge >= 0.3 is 0 Å². The fourth-order valence-corrected chi connectivity index (χ4v) is 1.74. The molecule has 3 nitrogen and oxygen atoms in total. The van der Waals surface area contributed by atoms with Crippen LogP contribution in [0.1, 0.15) is 5.56 Å². The van der Waals surface area contributed by atoms with Crippen molar-refractivity contribution in [3.05, 3.63) is 58.1 Å². The molecule has 18 heavy (non-hydrogen) atoms. The molecule has 0 spiro atoms. The van der Waals surface area contributed by atoms with Gasteiger partial charge in [0, 0.05) is 5.56 Å². The first-order valence-corrected chi connectivity index (χ1v) is 5.77. The van der Waals surface area contributed by atoms with Gasteiger partial charge in [0.15, 0.2) is 0 Å². The smallest absolute Gasteiger partial charge is 0.131 e. The van der Waals surface area contributed by atoms with Gasteiger partial charge in [0.1, 0.15) is 16.1 Å². The Kier molecular flexibility index (Phi) is 4.12. The Bertz CT molecular complexity index is 550. The van der Waals surface area contributed by atoms with Gasteiger partial charge in [0.2, 0.25) is 0 Å². The van der Waals surface area contributed by atoms with Gasteiger partial charge in [-0.15, -0.1) is 0 Å². The molecule has 0 aliphatic rings. The zero-order chi connectivity index (χ0) is 13.0. The van der Waals surface area contributed by atoms with E-state index in [2.05, 4.69) is 15.5 Å². The van der Waals surface area contributed by atoms with E-state index in [4.69, 9.17) is 23.2 Å². The molecule has 2 rings (SSSR count). The van der Waals surface area contributed by atoms with E-state index in [1.807, 2.05) is 0 Å². The van der Waals surface area contributed by atoms with Crippen molar-refractivity contribution in [1.82, 2.24) is 4.98 Å². The molecule has 1 aromatic heterocycles. The molecule has 1 aromatic carbocycles. The summed E-state index contributed by atoms with van der Waals surface area (Å²) in [5.41, 5.74) is 4.15. The number of hydrazone groups is 1. The van der Waals surface area contributed by atoms with Crippen LogP contribution in [0.4, 0.5) is 10.1 Å². The molecule has 92 valence electrons. The molecule has 0 radical (unpaired) electrons. The highest BCUT2D eigenvalue weighted by Gasteiger charge is 1.97. The van der Waals surface area contributed by atoms with Gasteiger partial charge in [-0.2, -0.15) is 5.10 Å². The lowest BCUT2D eigenvalue weighted by Crippen LogP contribution is -1.91. The van der Waals surface area contributed by atoms with E-state index in [1.165, 1.54) is 12.1 Å². The number of rotatable bonds is 3. The topological polar surface area (TPSA) is 37.3 Å². The molecule has 0 atom stereocenters. The second-order valence-electron chi connectivity index (χ2n) is 3.42. The summed E-state index contributed by atoms with van der Waals surface area (Å²) in [6.45, 7) is 0. The summed E-state index contributed by atoms with van der Waals surface area (Å²) in [6, 6.07) is 9.11. The van der Waals surface area contributed by atoms with Crippen LogP contribution >= 0.6 is 23.2 Å². The number of halogens is 3. The Labute approximate surface area is 113 Å². The molecule has 0 aliphatic carbocycles. The standard InChI is InChI=1S/C12H8Cl2FN3/c13-11-5-8(6-12(14)17-11)7-16-18-10-3-1-9(15)2-4-10/h1-7,18H. The van der Waals surface area contributed by atoms with E-state index in [9.17, 15) is 4.39 Å². The van der Waals surface area contributed by atoms with E-state index in [1.54, 1.807) is 30.5 Å². The van der Waals surface area contributed by atoms with Crippen LogP contribution in [-0.4, -0.2) is 11.2 Å². The number of pyridine rings is 1. The second-order valence-corrected chi connectivity index (χ2v) is 4.20. The maximum atomic E-state index is 12.7. The van der Waals surface area contributed by atoms with Crippen LogP contribution in [0.3, 0.4) is 0 Å². The average molecular weight is 284 g/mol. The van der Waals surface area contributed by atoms with Crippen molar-refractivity contribution >= 4 is 35.1 Å². The SMILES string of the molecule is Fc1ccc(NN=Cc2cc(Cl)nc(Cl)c2)cc1. The van der Waals surface area contributed by atoms with E-state index < -0.39 is 0 Å². The Balaban J connectivity index is 2.05. The molecule has 6 heteroatoms. The summed E-state index contributed by atoms with van der Waals surface area (Å²) >= 11 is 11.5. The average Bonchev–Trinajstić information content (AvgIpc) is 2.30. The minimum Gasteiger partial charge on any atom is -0.279 e. The highest BCUT2D eigenvalue weighted by Crippen LogP contribution is 2.13. The van der Waals surface area contributed by atoms with Crippen molar-refractivity contribution in [3.63, 3.8) is 0 Å². The lowest BCUT2D eigenvalue weighted by atomic mass is 10.3. The van der Waals surface area contributed by atoms with Crippen molar-refractivity contribution in [2.24, 2.45) is 5.10 Å². The summed E-state index contributed by atoms with van der Waals surface area (Å²) in [4.78, 5) is 3.82. The Morgan fingerprint density at radius 1 is 1.11 bits per heavy atom. The molecule has 0 amide bonds. The van der Waals surface area contributed by atoms with E-state index >= 15 is 0 Å².